The Labute approximate surface area is 226 Å². The van der Waals surface area contributed by atoms with Crippen LogP contribution in [-0.4, -0.2) is 12.3 Å². The van der Waals surface area contributed by atoms with Gasteiger partial charge in [-0.25, -0.2) is 5.47 Å². The molecule has 41 heavy (non-hydrogen) atoms. The molecule has 0 aliphatic heterocycles. The van der Waals surface area contributed by atoms with Crippen LogP contribution in [0.4, 0.5) is 52.7 Å². The molecule has 0 aromatic heterocycles. The van der Waals surface area contributed by atoms with Gasteiger partial charge >= 0.3 is 24.7 Å². The van der Waals surface area contributed by atoms with Gasteiger partial charge in [0.05, 0.1) is 16.7 Å². The van der Waals surface area contributed by atoms with E-state index in [1.165, 1.54) is 0 Å². The first-order valence-electron chi connectivity index (χ1n) is 11.5. The second kappa shape index (κ2) is 10.8. The maximum absolute atomic E-state index is 13.3. The molecule has 218 valence electrons. The number of benzene rings is 3. The fraction of sp³-hybridized carbons (Fsp3) is 0.143. The van der Waals surface area contributed by atoms with Crippen molar-refractivity contribution in [1.29, 1.82) is 0 Å². The van der Waals surface area contributed by atoms with Gasteiger partial charge in [0.25, 0.3) is 0 Å². The molecule has 0 fully saturated rings. The molecule has 0 radical (unpaired) electrons. The minimum absolute atomic E-state index is 0.0650. The van der Waals surface area contributed by atoms with E-state index in [4.69, 9.17) is 0 Å². The van der Waals surface area contributed by atoms with Crippen molar-refractivity contribution < 1.29 is 52.7 Å². The second-order valence-electron chi connectivity index (χ2n) is 9.16. The van der Waals surface area contributed by atoms with Crippen molar-refractivity contribution in [3.8, 4) is 0 Å². The molecule has 0 aliphatic rings. The highest BCUT2D eigenvalue weighted by Crippen LogP contribution is 2.32. The van der Waals surface area contributed by atoms with Gasteiger partial charge in [0.15, 0.2) is 0 Å². The van der Waals surface area contributed by atoms with Crippen LogP contribution < -0.4 is 16.4 Å². The lowest BCUT2D eigenvalue weighted by atomic mass is 9.12. The summed E-state index contributed by atoms with van der Waals surface area (Å²) in [6.45, 7) is 6.68. The monoisotopic (exact) mass is 593 g/mol. The van der Waals surface area contributed by atoms with Crippen molar-refractivity contribution in [2.75, 3.05) is 0 Å². The third-order valence-corrected chi connectivity index (χ3v) is 6.63. The highest BCUT2D eigenvalue weighted by atomic mass is 19.4. The van der Waals surface area contributed by atoms with Crippen molar-refractivity contribution in [1.82, 2.24) is 0 Å². The van der Waals surface area contributed by atoms with Crippen molar-refractivity contribution >= 4 is 22.5 Å². The van der Waals surface area contributed by atoms with Crippen LogP contribution in [0, 0.1) is 0 Å². The van der Waals surface area contributed by atoms with Crippen LogP contribution in [0.5, 0.6) is 0 Å². The zero-order valence-electron chi connectivity index (χ0n) is 20.6. The number of rotatable bonds is 6. The van der Waals surface area contributed by atoms with Crippen LogP contribution in [0.2, 0.25) is 0 Å². The normalized spacial score (nSPS) is 13.5. The molecule has 0 nitrogen and oxygen atoms in total. The Kier molecular flexibility index (Phi) is 8.35. The summed E-state index contributed by atoms with van der Waals surface area (Å²) in [4.78, 5) is 0. The van der Waals surface area contributed by atoms with E-state index in [9.17, 15) is 52.7 Å². The standard InChI is InChI=1S/C28H18BF12/c1-17(25(30,31)32)3-4-18(2)29(22-11-5-19(6-12-22)26(33,34)35,23-13-7-20(8-14-23)27(36,37)38)24-15-9-21(10-16-24)28(39,40)41/h3-16H,1-2H2/q-1/b4-3-. The Morgan fingerprint density at radius 1 is 0.463 bits per heavy atom. The first kappa shape index (κ1) is 31.6. The summed E-state index contributed by atoms with van der Waals surface area (Å²) in [5, 5.41) is 0. The molecule has 3 aromatic carbocycles. The molecule has 0 amide bonds. The van der Waals surface area contributed by atoms with E-state index >= 15 is 0 Å². The average Bonchev–Trinajstić information content (AvgIpc) is 2.86. The quantitative estimate of drug-likeness (QED) is 0.155. The summed E-state index contributed by atoms with van der Waals surface area (Å²) in [6.07, 6.45) is -20.9. The number of hydrogen-bond donors (Lipinski definition) is 0. The third-order valence-electron chi connectivity index (χ3n) is 6.63. The number of allylic oxidation sites excluding steroid dienone is 4. The van der Waals surface area contributed by atoms with Crippen LogP contribution in [0.25, 0.3) is 0 Å². The molecule has 0 saturated heterocycles. The SMILES string of the molecule is C=C(/C=C\C(=C)C(F)(F)F)[B-](c1ccc(C(F)(F)F)cc1)(c1ccc(C(F)(F)F)cc1)c1ccc(C(F)(F)F)cc1. The number of hydrogen-bond acceptors (Lipinski definition) is 0. The molecular weight excluding hydrogens is 575 g/mol. The van der Waals surface area contributed by atoms with Crippen LogP contribution in [-0.2, 0) is 18.5 Å². The van der Waals surface area contributed by atoms with Gasteiger partial charge in [0.2, 0.25) is 0 Å². The van der Waals surface area contributed by atoms with Crippen LogP contribution >= 0.6 is 0 Å². The molecule has 0 N–H and O–H groups in total. The summed E-state index contributed by atoms with van der Waals surface area (Å²) in [6, 6.07) is 9.59. The van der Waals surface area contributed by atoms with E-state index < -0.39 is 53.1 Å². The first-order valence-corrected chi connectivity index (χ1v) is 11.5. The highest BCUT2D eigenvalue weighted by Gasteiger charge is 2.37. The second-order valence-corrected chi connectivity index (χ2v) is 9.16. The molecule has 3 rings (SSSR count). The molecule has 0 unspecified atom stereocenters. The van der Waals surface area contributed by atoms with Gasteiger partial charge in [0.1, 0.15) is 6.15 Å². The minimum Gasteiger partial charge on any atom is -0.202 e. The van der Waals surface area contributed by atoms with E-state index in [0.29, 0.717) is 42.5 Å². The molecule has 3 aromatic rings. The van der Waals surface area contributed by atoms with Crippen molar-refractivity contribution in [3.05, 3.63) is 126 Å². The van der Waals surface area contributed by atoms with E-state index in [-0.39, 0.29) is 21.9 Å². The summed E-state index contributed by atoms with van der Waals surface area (Å²) in [7, 11) is 0. The van der Waals surface area contributed by atoms with E-state index in [2.05, 4.69) is 13.2 Å². The predicted molar refractivity (Wildman–Crippen MR) is 132 cm³/mol. The molecule has 0 bridgehead atoms. The van der Waals surface area contributed by atoms with Crippen LogP contribution in [0.1, 0.15) is 16.7 Å². The molecule has 0 atom stereocenters. The molecular formula is C28H18BF12-. The zero-order valence-corrected chi connectivity index (χ0v) is 20.6. The maximum atomic E-state index is 13.3. The lowest BCUT2D eigenvalue weighted by Crippen LogP contribution is -2.68. The van der Waals surface area contributed by atoms with Crippen molar-refractivity contribution in [3.63, 3.8) is 0 Å². The van der Waals surface area contributed by atoms with Gasteiger partial charge in [-0.15, -0.1) is 6.58 Å². The lowest BCUT2D eigenvalue weighted by molar-refractivity contribution is -0.138. The summed E-state index contributed by atoms with van der Waals surface area (Å²) in [5.41, 5.74) is -5.14. The zero-order chi connectivity index (χ0) is 31.0. The number of halogens is 12. The Balaban J connectivity index is 2.40. The van der Waals surface area contributed by atoms with Crippen LogP contribution in [0.3, 0.4) is 0 Å². The summed E-state index contributed by atoms with van der Waals surface area (Å²) in [5.74, 6) is 0. The minimum atomic E-state index is -4.89. The maximum Gasteiger partial charge on any atom is 0.416 e. The van der Waals surface area contributed by atoms with Crippen molar-refractivity contribution in [2.24, 2.45) is 0 Å². The molecule has 0 saturated carbocycles. The van der Waals surface area contributed by atoms with Gasteiger partial charge in [-0.05, 0) is 0 Å². The van der Waals surface area contributed by atoms with Crippen LogP contribution in [0.15, 0.2) is 109 Å². The molecule has 0 aliphatic carbocycles. The van der Waals surface area contributed by atoms with Gasteiger partial charge in [-0.2, -0.15) is 69.1 Å². The van der Waals surface area contributed by atoms with E-state index in [1.807, 2.05) is 0 Å². The van der Waals surface area contributed by atoms with Crippen molar-refractivity contribution in [2.45, 2.75) is 24.7 Å². The third kappa shape index (κ3) is 6.71. The fourth-order valence-corrected chi connectivity index (χ4v) is 4.55. The topological polar surface area (TPSA) is 0 Å². The van der Waals surface area contributed by atoms with Gasteiger partial charge < -0.3 is 0 Å². The average molecular weight is 593 g/mol. The summed E-state index contributed by atoms with van der Waals surface area (Å²) < 4.78 is 159. The first-order chi connectivity index (χ1) is 18.7. The Hall–Kier alpha value is -3.90. The Bertz CT molecular complexity index is 1280. The highest BCUT2D eigenvalue weighted by molar-refractivity contribution is 7.16. The molecule has 13 heteroatoms. The fourth-order valence-electron chi connectivity index (χ4n) is 4.55. The van der Waals surface area contributed by atoms with Gasteiger partial charge in [-0.1, -0.05) is 91.5 Å². The Morgan fingerprint density at radius 3 is 0.951 bits per heavy atom. The van der Waals surface area contributed by atoms with E-state index in [0.717, 1.165) is 42.5 Å². The van der Waals surface area contributed by atoms with Gasteiger partial charge in [-0.3, -0.25) is 0 Å². The number of alkyl halides is 12. The van der Waals surface area contributed by atoms with Gasteiger partial charge in [0, 0.05) is 5.57 Å². The predicted octanol–water partition coefficient (Wildman–Crippen LogP) is 7.98. The molecule has 0 spiro atoms. The smallest absolute Gasteiger partial charge is 0.202 e. The summed E-state index contributed by atoms with van der Waals surface area (Å²) >= 11 is 0. The molecule has 0 heterocycles. The lowest BCUT2D eigenvalue weighted by Gasteiger charge is -2.45. The van der Waals surface area contributed by atoms with E-state index in [1.54, 1.807) is 0 Å². The Morgan fingerprint density at radius 2 is 0.732 bits per heavy atom. The largest absolute Gasteiger partial charge is 0.416 e.